The first-order valence-electron chi connectivity index (χ1n) is 18.8. The van der Waals surface area contributed by atoms with Crippen molar-refractivity contribution in [1.82, 2.24) is 5.32 Å². The minimum Gasteiger partial charge on any atom is -0.481 e. The number of ketones is 2. The van der Waals surface area contributed by atoms with Crippen molar-refractivity contribution in [2.75, 3.05) is 59.4 Å². The van der Waals surface area contributed by atoms with Gasteiger partial charge < -0.3 is 29.4 Å². The summed E-state index contributed by atoms with van der Waals surface area (Å²) >= 11 is 0. The Morgan fingerprint density at radius 1 is 0.776 bits per heavy atom. The predicted molar refractivity (Wildman–Crippen MR) is 184 cm³/mol. The van der Waals surface area contributed by atoms with Crippen LogP contribution in [0.4, 0.5) is 0 Å². The van der Waals surface area contributed by atoms with Gasteiger partial charge in [-0.3, -0.25) is 19.2 Å². The fourth-order valence-corrected chi connectivity index (χ4v) is 11.1. The van der Waals surface area contributed by atoms with E-state index in [2.05, 4.69) is 39.9 Å². The maximum atomic E-state index is 14.3. The van der Waals surface area contributed by atoms with Crippen molar-refractivity contribution in [1.29, 1.82) is 0 Å². The van der Waals surface area contributed by atoms with Crippen molar-refractivity contribution >= 4 is 23.4 Å². The highest BCUT2D eigenvalue weighted by Crippen LogP contribution is 2.70. The first-order chi connectivity index (χ1) is 23.2. The summed E-state index contributed by atoms with van der Waals surface area (Å²) in [5.41, 5.74) is 0.789. The van der Waals surface area contributed by atoms with Crippen molar-refractivity contribution in [3.05, 3.63) is 11.6 Å². The Balaban J connectivity index is 1.07. The minimum atomic E-state index is -0.880. The number of carbonyl (C=O) groups is 4. The van der Waals surface area contributed by atoms with Crippen molar-refractivity contribution in [2.24, 2.45) is 51.2 Å². The zero-order chi connectivity index (χ0) is 35.5. The van der Waals surface area contributed by atoms with Crippen LogP contribution in [0.3, 0.4) is 0 Å². The zero-order valence-corrected chi connectivity index (χ0v) is 30.6. The lowest BCUT2D eigenvalue weighted by atomic mass is 9.37. The summed E-state index contributed by atoms with van der Waals surface area (Å²) in [7, 11) is 0. The average Bonchev–Trinajstić information content (AvgIpc) is 3.03. The molecular formula is C39H61NO9. The SMILES string of the molecule is CC1(C)C(=O)CC[C@]2(C)[C@H]3C(=O)C=C4C(CC[C@@]5(C)CC[C@H](C(=O)NCCOCCOCCOCCOCCC(=O)O)C[C@H]45)[C@]3(C)CC[C@@H]12. The Bertz CT molecular complexity index is 1260. The summed E-state index contributed by atoms with van der Waals surface area (Å²) in [4.78, 5) is 51.1. The van der Waals surface area contributed by atoms with Gasteiger partial charge in [0.05, 0.1) is 59.3 Å². The van der Waals surface area contributed by atoms with Gasteiger partial charge in [0, 0.05) is 30.2 Å². The van der Waals surface area contributed by atoms with E-state index in [-0.39, 0.29) is 70.0 Å². The summed E-state index contributed by atoms with van der Waals surface area (Å²) in [5.74, 6) is 0.563. The molecule has 4 saturated carbocycles. The second-order valence-corrected chi connectivity index (χ2v) is 16.9. The average molecular weight is 688 g/mol. The second-order valence-electron chi connectivity index (χ2n) is 16.9. The molecular weight excluding hydrogens is 626 g/mol. The van der Waals surface area contributed by atoms with Gasteiger partial charge >= 0.3 is 5.97 Å². The Morgan fingerprint density at radius 2 is 1.39 bits per heavy atom. The van der Waals surface area contributed by atoms with E-state index in [1.807, 2.05) is 6.08 Å². The van der Waals surface area contributed by atoms with Crippen LogP contribution in [0.2, 0.25) is 0 Å². The number of hydrogen-bond acceptors (Lipinski definition) is 8. The lowest BCUT2D eigenvalue weighted by Gasteiger charge is -2.66. The molecule has 5 aliphatic rings. The first kappa shape index (κ1) is 38.1. The molecule has 2 N–H and O–H groups in total. The van der Waals surface area contributed by atoms with Gasteiger partial charge in [-0.15, -0.1) is 0 Å². The molecule has 0 heterocycles. The van der Waals surface area contributed by atoms with E-state index in [9.17, 15) is 19.2 Å². The first-order valence-corrected chi connectivity index (χ1v) is 18.8. The third kappa shape index (κ3) is 7.87. The molecule has 49 heavy (non-hydrogen) atoms. The Labute approximate surface area is 292 Å². The number of ether oxygens (including phenoxy) is 4. The number of nitrogens with one attached hydrogen (secondary N) is 1. The molecule has 10 nitrogen and oxygen atoms in total. The maximum absolute atomic E-state index is 14.3. The van der Waals surface area contributed by atoms with Crippen molar-refractivity contribution in [3.8, 4) is 0 Å². The van der Waals surface area contributed by atoms with Gasteiger partial charge in [-0.2, -0.15) is 0 Å². The summed E-state index contributed by atoms with van der Waals surface area (Å²) in [6.45, 7) is 14.8. The third-order valence-electron chi connectivity index (χ3n) is 13.7. The van der Waals surface area contributed by atoms with Gasteiger partial charge in [-0.25, -0.2) is 0 Å². The number of amides is 1. The lowest BCUT2D eigenvalue weighted by Crippen LogP contribution is -2.63. The van der Waals surface area contributed by atoms with Gasteiger partial charge in [-0.05, 0) is 91.4 Å². The van der Waals surface area contributed by atoms with Crippen molar-refractivity contribution < 1.29 is 43.2 Å². The van der Waals surface area contributed by atoms with Crippen LogP contribution in [0.1, 0.15) is 98.8 Å². The van der Waals surface area contributed by atoms with Gasteiger partial charge in [0.15, 0.2) is 5.78 Å². The smallest absolute Gasteiger partial charge is 0.305 e. The lowest BCUT2D eigenvalue weighted by molar-refractivity contribution is -0.175. The van der Waals surface area contributed by atoms with Crippen LogP contribution in [0.15, 0.2) is 11.6 Å². The van der Waals surface area contributed by atoms with E-state index >= 15 is 0 Å². The number of aliphatic carboxylic acids is 1. The van der Waals surface area contributed by atoms with Crippen LogP contribution >= 0.6 is 0 Å². The van der Waals surface area contributed by atoms with E-state index in [0.717, 1.165) is 51.4 Å². The zero-order valence-electron chi connectivity index (χ0n) is 30.6. The molecule has 0 spiro atoms. The van der Waals surface area contributed by atoms with E-state index in [1.54, 1.807) is 0 Å². The molecule has 0 saturated heterocycles. The topological polar surface area (TPSA) is 137 Å². The highest BCUT2D eigenvalue weighted by atomic mass is 16.6. The molecule has 4 fully saturated rings. The summed E-state index contributed by atoms with van der Waals surface area (Å²) < 4.78 is 21.7. The fraction of sp³-hybridized carbons (Fsp3) is 0.846. The summed E-state index contributed by atoms with van der Waals surface area (Å²) in [6, 6.07) is 0. The molecule has 5 rings (SSSR count). The Kier molecular flexibility index (Phi) is 12.1. The van der Waals surface area contributed by atoms with Crippen LogP contribution in [-0.4, -0.2) is 87.9 Å². The fourth-order valence-electron chi connectivity index (χ4n) is 11.1. The highest BCUT2D eigenvalue weighted by molar-refractivity contribution is 5.96. The van der Waals surface area contributed by atoms with E-state index < -0.39 is 5.97 Å². The van der Waals surface area contributed by atoms with Crippen LogP contribution in [0, 0.1) is 51.2 Å². The standard InChI is InChI=1S/C39H61NO9/c1-36(2)31-8-13-38(4)28-7-12-37(3)11-6-26(24-29(37)27(28)25-30(41)34(38)39(31,5)14-9-32(36)42)35(45)40-15-17-47-19-21-49-23-22-48-20-18-46-16-10-33(43)44/h25-26,28-29,31,34H,6-24H2,1-5H3,(H,40,45)(H,43,44)/t26-,28?,29+,31-,34-,37+,38-,39-/m0/s1. The molecule has 0 radical (unpaired) electrons. The predicted octanol–water partition coefficient (Wildman–Crippen LogP) is 5.41. The van der Waals surface area contributed by atoms with Crippen LogP contribution in [0.25, 0.3) is 0 Å². The molecule has 0 aromatic carbocycles. The molecule has 0 aromatic rings. The number of rotatable bonds is 16. The van der Waals surface area contributed by atoms with E-state index in [1.165, 1.54) is 5.57 Å². The molecule has 5 aliphatic carbocycles. The monoisotopic (exact) mass is 687 g/mol. The normalized spacial score (nSPS) is 36.5. The third-order valence-corrected chi connectivity index (χ3v) is 13.7. The Hall–Kier alpha value is -2.14. The molecule has 10 heteroatoms. The Morgan fingerprint density at radius 3 is 2.04 bits per heavy atom. The largest absolute Gasteiger partial charge is 0.481 e. The number of carbonyl (C=O) groups excluding carboxylic acids is 3. The molecule has 1 amide bonds. The van der Waals surface area contributed by atoms with Crippen LogP contribution in [-0.2, 0) is 38.1 Å². The van der Waals surface area contributed by atoms with E-state index in [0.29, 0.717) is 70.9 Å². The number of allylic oxidation sites excluding steroid dienone is 2. The number of Topliss-reactive ketones (excluding diaryl/α,β-unsaturated/α-hetero) is 1. The molecule has 276 valence electrons. The molecule has 0 bridgehead atoms. The quantitative estimate of drug-likeness (QED) is 0.204. The number of fused-ring (bicyclic) bond motifs is 7. The number of hydrogen-bond donors (Lipinski definition) is 2. The molecule has 8 atom stereocenters. The maximum Gasteiger partial charge on any atom is 0.305 e. The number of carboxylic acids is 1. The van der Waals surface area contributed by atoms with Gasteiger partial charge in [0.2, 0.25) is 5.91 Å². The van der Waals surface area contributed by atoms with E-state index in [4.69, 9.17) is 24.1 Å². The van der Waals surface area contributed by atoms with Gasteiger partial charge in [0.25, 0.3) is 0 Å². The molecule has 1 unspecified atom stereocenters. The van der Waals surface area contributed by atoms with Crippen molar-refractivity contribution in [3.63, 3.8) is 0 Å². The molecule has 0 aromatic heterocycles. The second kappa shape index (κ2) is 15.6. The summed E-state index contributed by atoms with van der Waals surface area (Å²) in [6.07, 6.45) is 10.3. The highest BCUT2D eigenvalue weighted by Gasteiger charge is 2.66. The van der Waals surface area contributed by atoms with Gasteiger partial charge in [-0.1, -0.05) is 40.2 Å². The summed E-state index contributed by atoms with van der Waals surface area (Å²) in [5, 5.41) is 11.7. The molecule has 0 aliphatic heterocycles. The minimum absolute atomic E-state index is 0.0131. The van der Waals surface area contributed by atoms with Crippen molar-refractivity contribution in [2.45, 2.75) is 98.8 Å². The van der Waals surface area contributed by atoms with Crippen LogP contribution in [0.5, 0.6) is 0 Å². The van der Waals surface area contributed by atoms with Gasteiger partial charge in [0.1, 0.15) is 5.78 Å². The van der Waals surface area contributed by atoms with Crippen LogP contribution < -0.4 is 5.32 Å². The number of carboxylic acid groups (broad SMARTS) is 1.